The van der Waals surface area contributed by atoms with E-state index in [9.17, 15) is 9.90 Å². The van der Waals surface area contributed by atoms with E-state index >= 15 is 0 Å². The third kappa shape index (κ3) is 4.51. The van der Waals surface area contributed by atoms with Crippen molar-refractivity contribution in [2.75, 3.05) is 5.75 Å². The van der Waals surface area contributed by atoms with Gasteiger partial charge >= 0.3 is 5.97 Å². The number of carboxylic acids is 1. The van der Waals surface area contributed by atoms with Crippen molar-refractivity contribution in [1.82, 2.24) is 9.97 Å². The van der Waals surface area contributed by atoms with Gasteiger partial charge in [0.05, 0.1) is 5.69 Å². The molecule has 132 valence electrons. The molecule has 0 aliphatic rings. The van der Waals surface area contributed by atoms with E-state index in [4.69, 9.17) is 0 Å². The van der Waals surface area contributed by atoms with E-state index < -0.39 is 5.97 Å². The molecule has 0 bridgehead atoms. The van der Waals surface area contributed by atoms with Crippen LogP contribution in [0.1, 0.15) is 21.6 Å². The van der Waals surface area contributed by atoms with E-state index in [1.165, 1.54) is 17.3 Å². The van der Waals surface area contributed by atoms with Crippen LogP contribution in [-0.4, -0.2) is 26.8 Å². The number of aryl methyl sites for hydroxylation is 2. The van der Waals surface area contributed by atoms with E-state index in [1.54, 1.807) is 6.92 Å². The lowest BCUT2D eigenvalue weighted by Gasteiger charge is -2.10. The molecule has 0 aliphatic heterocycles. The second-order valence-corrected chi connectivity index (χ2v) is 7.71. The number of hydrogen-bond acceptors (Lipinski definition) is 4. The molecule has 0 saturated heterocycles. The molecule has 0 atom stereocenters. The Morgan fingerprint density at radius 1 is 1.08 bits per heavy atom. The Morgan fingerprint density at radius 3 is 2.42 bits per heavy atom. The summed E-state index contributed by atoms with van der Waals surface area (Å²) in [6, 6.07) is 17.8. The third-order valence-corrected chi connectivity index (χ3v) is 5.35. The first-order chi connectivity index (χ1) is 12.5. The van der Waals surface area contributed by atoms with Gasteiger partial charge in [-0.05, 0) is 31.0 Å². The number of carbonyl (C=O) groups is 1. The molecule has 0 spiro atoms. The van der Waals surface area contributed by atoms with E-state index in [1.807, 2.05) is 42.5 Å². The van der Waals surface area contributed by atoms with Crippen LogP contribution < -0.4 is 0 Å². The lowest BCUT2D eigenvalue weighted by molar-refractivity contribution is 0.0691. The summed E-state index contributed by atoms with van der Waals surface area (Å²) in [5, 5.41) is 10.1. The topological polar surface area (TPSA) is 63.1 Å². The van der Waals surface area contributed by atoms with E-state index in [2.05, 4.69) is 38.0 Å². The number of nitrogens with zero attached hydrogens (tertiary/aromatic N) is 2. The number of thioether (sulfide) groups is 1. The molecular weight excluding hydrogens is 412 g/mol. The fourth-order valence-corrected chi connectivity index (χ4v) is 3.86. The molecule has 1 heterocycles. The molecule has 1 aromatic heterocycles. The highest BCUT2D eigenvalue weighted by Crippen LogP contribution is 2.27. The zero-order valence-corrected chi connectivity index (χ0v) is 16.5. The van der Waals surface area contributed by atoms with Gasteiger partial charge in [-0.3, -0.25) is 0 Å². The van der Waals surface area contributed by atoms with Gasteiger partial charge in [0.2, 0.25) is 0 Å². The highest BCUT2D eigenvalue weighted by molar-refractivity contribution is 9.10. The van der Waals surface area contributed by atoms with Crippen LogP contribution in [-0.2, 0) is 6.42 Å². The first-order valence-corrected chi connectivity index (χ1v) is 9.87. The maximum atomic E-state index is 11.7. The van der Waals surface area contributed by atoms with Crippen molar-refractivity contribution in [3.8, 4) is 11.4 Å². The number of rotatable bonds is 6. The minimum atomic E-state index is -0.993. The standard InChI is InChI=1S/C20H17BrN2O2S/c1-13-17(20(24)25)19(26-12-11-14-5-3-2-4-6-14)23-18(22-13)15-7-9-16(21)10-8-15/h2-10H,11-12H2,1H3,(H,24,25). The Kier molecular flexibility index (Phi) is 6.06. The molecule has 1 N–H and O–H groups in total. The van der Waals surface area contributed by atoms with E-state index in [0.29, 0.717) is 16.5 Å². The summed E-state index contributed by atoms with van der Waals surface area (Å²) in [5.41, 5.74) is 2.74. The zero-order valence-electron chi connectivity index (χ0n) is 14.1. The SMILES string of the molecule is Cc1nc(-c2ccc(Br)cc2)nc(SCCc2ccccc2)c1C(=O)O. The Labute approximate surface area is 164 Å². The Bertz CT molecular complexity index is 915. The van der Waals surface area contributed by atoms with E-state index in [0.717, 1.165) is 22.2 Å². The van der Waals surface area contributed by atoms with Crippen molar-refractivity contribution in [3.05, 3.63) is 75.9 Å². The largest absolute Gasteiger partial charge is 0.478 e. The van der Waals surface area contributed by atoms with E-state index in [-0.39, 0.29) is 5.56 Å². The van der Waals surface area contributed by atoms with Gasteiger partial charge in [-0.1, -0.05) is 58.4 Å². The van der Waals surface area contributed by atoms with Crippen molar-refractivity contribution in [3.63, 3.8) is 0 Å². The van der Waals surface area contributed by atoms with Crippen molar-refractivity contribution < 1.29 is 9.90 Å². The molecule has 2 aromatic carbocycles. The van der Waals surface area contributed by atoms with Crippen LogP contribution in [0, 0.1) is 6.92 Å². The molecule has 0 radical (unpaired) electrons. The molecule has 0 amide bonds. The molecule has 26 heavy (non-hydrogen) atoms. The van der Waals surface area contributed by atoms with Crippen LogP contribution in [0.15, 0.2) is 64.1 Å². The fraction of sp³-hybridized carbons (Fsp3) is 0.150. The summed E-state index contributed by atoms with van der Waals surface area (Å²) >= 11 is 4.87. The van der Waals surface area contributed by atoms with Crippen molar-refractivity contribution in [1.29, 1.82) is 0 Å². The quantitative estimate of drug-likeness (QED) is 0.429. The summed E-state index contributed by atoms with van der Waals surface area (Å²) in [6.45, 7) is 1.72. The van der Waals surface area contributed by atoms with Gasteiger partial charge < -0.3 is 5.11 Å². The van der Waals surface area contributed by atoms with Crippen molar-refractivity contribution in [2.24, 2.45) is 0 Å². The summed E-state index contributed by atoms with van der Waals surface area (Å²) in [5.74, 6) is 0.301. The second-order valence-electron chi connectivity index (χ2n) is 5.71. The zero-order chi connectivity index (χ0) is 18.5. The van der Waals surface area contributed by atoms with Crippen molar-refractivity contribution in [2.45, 2.75) is 18.4 Å². The Hall–Kier alpha value is -2.18. The molecule has 0 aliphatic carbocycles. The van der Waals surface area contributed by atoms with Gasteiger partial charge in [-0.25, -0.2) is 14.8 Å². The number of halogens is 1. The first kappa shape index (κ1) is 18.6. The van der Waals surface area contributed by atoms with Gasteiger partial charge in [-0.15, -0.1) is 11.8 Å². The summed E-state index contributed by atoms with van der Waals surface area (Å²) in [4.78, 5) is 20.6. The molecule has 3 rings (SSSR count). The number of aromatic carboxylic acids is 1. The monoisotopic (exact) mass is 428 g/mol. The smallest absolute Gasteiger partial charge is 0.340 e. The van der Waals surface area contributed by atoms with Crippen LogP contribution >= 0.6 is 27.7 Å². The Morgan fingerprint density at radius 2 is 1.77 bits per heavy atom. The minimum Gasteiger partial charge on any atom is -0.478 e. The highest BCUT2D eigenvalue weighted by Gasteiger charge is 2.19. The lowest BCUT2D eigenvalue weighted by atomic mass is 10.2. The van der Waals surface area contributed by atoms with Gasteiger partial charge in [-0.2, -0.15) is 0 Å². The highest BCUT2D eigenvalue weighted by atomic mass is 79.9. The maximum Gasteiger partial charge on any atom is 0.340 e. The molecule has 0 saturated carbocycles. The molecular formula is C20H17BrN2O2S. The predicted octanol–water partition coefficient (Wildman–Crippen LogP) is 5.25. The summed E-state index contributed by atoms with van der Waals surface area (Å²) < 4.78 is 0.970. The summed E-state index contributed by atoms with van der Waals surface area (Å²) in [7, 11) is 0. The van der Waals surface area contributed by atoms with Crippen LogP contribution in [0.3, 0.4) is 0 Å². The second kappa shape index (κ2) is 8.47. The minimum absolute atomic E-state index is 0.184. The van der Waals surface area contributed by atoms with Gasteiger partial charge in [0, 0.05) is 15.8 Å². The fourth-order valence-electron chi connectivity index (χ4n) is 2.54. The Balaban J connectivity index is 1.88. The molecule has 0 unspecified atom stereocenters. The molecule has 0 fully saturated rings. The predicted molar refractivity (Wildman–Crippen MR) is 108 cm³/mol. The summed E-state index contributed by atoms with van der Waals surface area (Å²) in [6.07, 6.45) is 0.848. The number of hydrogen-bond donors (Lipinski definition) is 1. The van der Waals surface area contributed by atoms with Gasteiger partial charge in [0.15, 0.2) is 5.82 Å². The number of aromatic nitrogens is 2. The third-order valence-electron chi connectivity index (χ3n) is 3.85. The van der Waals surface area contributed by atoms with Gasteiger partial charge in [0.25, 0.3) is 0 Å². The van der Waals surface area contributed by atoms with Crippen LogP contribution in [0.2, 0.25) is 0 Å². The lowest BCUT2D eigenvalue weighted by Crippen LogP contribution is -2.08. The van der Waals surface area contributed by atoms with Gasteiger partial charge in [0.1, 0.15) is 10.6 Å². The molecule has 6 heteroatoms. The van der Waals surface area contributed by atoms with Crippen LogP contribution in [0.25, 0.3) is 11.4 Å². The molecule has 4 nitrogen and oxygen atoms in total. The average molecular weight is 429 g/mol. The first-order valence-electron chi connectivity index (χ1n) is 8.09. The number of carboxylic acid groups (broad SMARTS) is 1. The van der Waals surface area contributed by atoms with Crippen LogP contribution in [0.5, 0.6) is 0 Å². The average Bonchev–Trinajstić information content (AvgIpc) is 2.62. The molecule has 3 aromatic rings. The van der Waals surface area contributed by atoms with Crippen molar-refractivity contribution >= 4 is 33.7 Å². The number of benzene rings is 2. The normalized spacial score (nSPS) is 10.7. The van der Waals surface area contributed by atoms with Crippen LogP contribution in [0.4, 0.5) is 0 Å². The maximum absolute atomic E-state index is 11.7.